The summed E-state index contributed by atoms with van der Waals surface area (Å²) in [5.74, 6) is 4.85. The first-order chi connectivity index (χ1) is 12.7. The van der Waals surface area contributed by atoms with Crippen molar-refractivity contribution in [2.75, 3.05) is 0 Å². The zero-order chi connectivity index (χ0) is 18.4. The molecule has 0 saturated heterocycles. The van der Waals surface area contributed by atoms with Gasteiger partial charge in [-0.25, -0.2) is 4.68 Å². The summed E-state index contributed by atoms with van der Waals surface area (Å²) in [6.45, 7) is 2.05. The fourth-order valence-corrected chi connectivity index (χ4v) is 2.80. The monoisotopic (exact) mass is 364 g/mol. The highest BCUT2D eigenvalue weighted by atomic mass is 32.2. The number of aryl methyl sites for hydroxylation is 1. The second-order valence-corrected chi connectivity index (χ2v) is 6.21. The van der Waals surface area contributed by atoms with Gasteiger partial charge in [0, 0.05) is 16.5 Å². The van der Waals surface area contributed by atoms with Crippen LogP contribution in [0.1, 0.15) is 11.3 Å². The lowest BCUT2D eigenvalue weighted by Crippen LogP contribution is -1.99. The standard InChI is InChI=1S/C19H16N4O2S/c1-14-4-6-15(7-5-14)19-13-16(3-2-12-20)22-23(19)17-8-10-18(11-9-17)26-25-24-21/h2-11,13H,21H2,1H3. The molecule has 0 atom stereocenters. The predicted octanol–water partition coefficient (Wildman–Crippen LogP) is 4.21. The fraction of sp³-hybridized carbons (Fsp3) is 0.0526. The lowest BCUT2D eigenvalue weighted by molar-refractivity contribution is -0.195. The number of allylic oxidation sites excluding steroid dienone is 1. The van der Waals surface area contributed by atoms with Crippen molar-refractivity contribution in [1.82, 2.24) is 9.78 Å². The van der Waals surface area contributed by atoms with Gasteiger partial charge in [0.2, 0.25) is 0 Å². The molecule has 0 saturated carbocycles. The lowest BCUT2D eigenvalue weighted by atomic mass is 10.1. The van der Waals surface area contributed by atoms with Gasteiger partial charge in [-0.1, -0.05) is 29.8 Å². The lowest BCUT2D eigenvalue weighted by Gasteiger charge is -2.08. The second-order valence-electron chi connectivity index (χ2n) is 5.44. The van der Waals surface area contributed by atoms with Crippen LogP contribution in [0.4, 0.5) is 0 Å². The average Bonchev–Trinajstić information content (AvgIpc) is 3.10. The molecule has 2 N–H and O–H groups in total. The minimum Gasteiger partial charge on any atom is -0.233 e. The zero-order valence-corrected chi connectivity index (χ0v) is 14.8. The Kier molecular flexibility index (Phi) is 5.84. The molecular weight excluding hydrogens is 348 g/mol. The van der Waals surface area contributed by atoms with E-state index in [1.807, 2.05) is 48.0 Å². The molecule has 0 spiro atoms. The molecule has 0 unspecified atom stereocenters. The van der Waals surface area contributed by atoms with Crippen molar-refractivity contribution in [1.29, 1.82) is 5.26 Å². The number of hydrogen-bond acceptors (Lipinski definition) is 6. The first-order valence-corrected chi connectivity index (χ1v) is 8.49. The van der Waals surface area contributed by atoms with Crippen molar-refractivity contribution in [3.63, 3.8) is 0 Å². The van der Waals surface area contributed by atoms with Crippen LogP contribution in [0.2, 0.25) is 0 Å². The number of nitrogens with zero attached hydrogens (tertiary/aromatic N) is 3. The maximum atomic E-state index is 8.77. The van der Waals surface area contributed by atoms with Crippen molar-refractivity contribution < 1.29 is 9.32 Å². The van der Waals surface area contributed by atoms with Gasteiger partial charge in [0.15, 0.2) is 0 Å². The highest BCUT2D eigenvalue weighted by Gasteiger charge is 2.11. The van der Waals surface area contributed by atoms with E-state index in [9.17, 15) is 0 Å². The van der Waals surface area contributed by atoms with Gasteiger partial charge >= 0.3 is 0 Å². The smallest absolute Gasteiger partial charge is 0.0912 e. The predicted molar refractivity (Wildman–Crippen MR) is 101 cm³/mol. The first-order valence-electron chi connectivity index (χ1n) is 7.75. The first kappa shape index (κ1) is 17.9. The third kappa shape index (κ3) is 4.20. The highest BCUT2D eigenvalue weighted by Crippen LogP contribution is 2.27. The number of nitriles is 1. The maximum Gasteiger partial charge on any atom is 0.0912 e. The van der Waals surface area contributed by atoms with Gasteiger partial charge in [0.25, 0.3) is 0 Å². The van der Waals surface area contributed by atoms with Crippen molar-refractivity contribution in [3.05, 3.63) is 71.9 Å². The Morgan fingerprint density at radius 1 is 1.15 bits per heavy atom. The Morgan fingerprint density at radius 3 is 2.54 bits per heavy atom. The van der Waals surface area contributed by atoms with Crippen LogP contribution in [0, 0.1) is 18.3 Å². The van der Waals surface area contributed by atoms with E-state index in [1.54, 1.807) is 6.08 Å². The third-order valence-corrected chi connectivity index (χ3v) is 4.27. The molecule has 0 radical (unpaired) electrons. The summed E-state index contributed by atoms with van der Waals surface area (Å²) < 4.78 is 6.49. The van der Waals surface area contributed by atoms with Gasteiger partial charge in [0.05, 0.1) is 35.2 Å². The van der Waals surface area contributed by atoms with E-state index in [-0.39, 0.29) is 0 Å². The Hall–Kier alpha value is -2.89. The Labute approximate surface area is 155 Å². The maximum absolute atomic E-state index is 8.77. The van der Waals surface area contributed by atoms with Crippen LogP contribution in [0.3, 0.4) is 0 Å². The van der Waals surface area contributed by atoms with E-state index in [0.29, 0.717) is 5.69 Å². The van der Waals surface area contributed by atoms with Gasteiger partial charge in [-0.05, 0) is 43.3 Å². The highest BCUT2D eigenvalue weighted by molar-refractivity contribution is 7.94. The molecule has 1 heterocycles. The molecule has 130 valence electrons. The van der Waals surface area contributed by atoms with E-state index in [1.165, 1.54) is 11.6 Å². The van der Waals surface area contributed by atoms with E-state index in [4.69, 9.17) is 11.2 Å². The van der Waals surface area contributed by atoms with Crippen LogP contribution < -0.4 is 5.90 Å². The van der Waals surface area contributed by atoms with Gasteiger partial charge in [0.1, 0.15) is 0 Å². The SMILES string of the molecule is Cc1ccc(-c2cc(C=CC#N)nn2-c2ccc(SOON)cc2)cc1. The summed E-state index contributed by atoms with van der Waals surface area (Å²) in [6, 6.07) is 19.8. The van der Waals surface area contributed by atoms with Crippen molar-refractivity contribution >= 4 is 18.1 Å². The van der Waals surface area contributed by atoms with E-state index in [0.717, 1.165) is 33.9 Å². The zero-order valence-electron chi connectivity index (χ0n) is 14.0. The molecule has 6 nitrogen and oxygen atoms in total. The summed E-state index contributed by atoms with van der Waals surface area (Å²) in [7, 11) is 0. The largest absolute Gasteiger partial charge is 0.233 e. The van der Waals surface area contributed by atoms with Gasteiger partial charge in [-0.2, -0.15) is 16.3 Å². The molecule has 0 bridgehead atoms. The third-order valence-electron chi connectivity index (χ3n) is 3.66. The number of rotatable bonds is 6. The molecule has 2 aromatic carbocycles. The molecule has 0 aliphatic heterocycles. The topological polar surface area (TPSA) is 86.1 Å². The quantitative estimate of drug-likeness (QED) is 0.305. The average molecular weight is 364 g/mol. The van der Waals surface area contributed by atoms with Crippen molar-refractivity contribution in [2.45, 2.75) is 11.8 Å². The fourth-order valence-electron chi connectivity index (χ4n) is 2.43. The summed E-state index contributed by atoms with van der Waals surface area (Å²) >= 11 is 1.02. The van der Waals surface area contributed by atoms with Crippen LogP contribution in [-0.2, 0) is 9.32 Å². The Bertz CT molecular complexity index is 941. The molecule has 3 aromatic rings. The molecule has 0 aliphatic carbocycles. The molecule has 3 rings (SSSR count). The normalized spacial score (nSPS) is 11.0. The molecule has 0 amide bonds. The number of hydrogen-bond donors (Lipinski definition) is 1. The summed E-state index contributed by atoms with van der Waals surface area (Å²) in [4.78, 5) is 4.94. The van der Waals surface area contributed by atoms with E-state index < -0.39 is 0 Å². The van der Waals surface area contributed by atoms with E-state index in [2.05, 4.69) is 38.7 Å². The van der Waals surface area contributed by atoms with Crippen molar-refractivity contribution in [3.8, 4) is 23.0 Å². The summed E-state index contributed by atoms with van der Waals surface area (Å²) in [6.07, 6.45) is 3.10. The Balaban J connectivity index is 2.01. The molecular formula is C19H16N4O2S. The van der Waals surface area contributed by atoms with Crippen LogP contribution in [0.15, 0.2) is 65.6 Å². The van der Waals surface area contributed by atoms with Crippen LogP contribution >= 0.6 is 12.0 Å². The minimum absolute atomic E-state index is 0.709. The second kappa shape index (κ2) is 8.47. The van der Waals surface area contributed by atoms with Crippen LogP contribution in [0.5, 0.6) is 0 Å². The molecule has 26 heavy (non-hydrogen) atoms. The van der Waals surface area contributed by atoms with E-state index >= 15 is 0 Å². The van der Waals surface area contributed by atoms with Gasteiger partial charge in [-0.3, -0.25) is 0 Å². The van der Waals surface area contributed by atoms with Crippen LogP contribution in [-0.4, -0.2) is 9.78 Å². The number of benzene rings is 2. The van der Waals surface area contributed by atoms with Gasteiger partial charge in [-0.15, -0.1) is 9.32 Å². The summed E-state index contributed by atoms with van der Waals surface area (Å²) in [5.41, 5.74) is 4.76. The van der Waals surface area contributed by atoms with Crippen LogP contribution in [0.25, 0.3) is 23.0 Å². The molecule has 0 fully saturated rings. The Morgan fingerprint density at radius 2 is 1.88 bits per heavy atom. The van der Waals surface area contributed by atoms with Crippen molar-refractivity contribution in [2.24, 2.45) is 5.90 Å². The molecule has 1 aromatic heterocycles. The molecule has 0 aliphatic rings. The summed E-state index contributed by atoms with van der Waals surface area (Å²) in [5, 5.41) is 13.4. The number of aromatic nitrogens is 2. The molecule has 7 heteroatoms. The minimum atomic E-state index is 0.709. The van der Waals surface area contributed by atoms with Gasteiger partial charge < -0.3 is 0 Å². The number of nitrogens with two attached hydrogens (primary N) is 1.